The zero-order valence-electron chi connectivity index (χ0n) is 2.31. The van der Waals surface area contributed by atoms with E-state index in [4.69, 9.17) is 5.11 Å². The van der Waals surface area contributed by atoms with Crippen LogP contribution in [0.15, 0.2) is 0 Å². The molecule has 0 aliphatic carbocycles. The van der Waals surface area contributed by atoms with Crippen molar-refractivity contribution in [1.29, 1.82) is 0 Å². The Hall–Kier alpha value is 0.700. The van der Waals surface area contributed by atoms with Gasteiger partial charge in [-0.05, 0) is 0 Å². The third-order valence-corrected chi connectivity index (χ3v) is 0. The van der Waals surface area contributed by atoms with Gasteiger partial charge in [-0.1, -0.05) is 6.61 Å². The summed E-state index contributed by atoms with van der Waals surface area (Å²) < 4.78 is 0. The summed E-state index contributed by atoms with van der Waals surface area (Å²) in [7, 11) is 0. The Morgan fingerprint density at radius 1 is 1.75 bits per heavy atom. The third-order valence-electron chi connectivity index (χ3n) is 0. The first-order valence-corrected chi connectivity index (χ1v) is 0.816. The molecule has 0 saturated carbocycles. The molecule has 0 aromatic carbocycles. The molecule has 0 unspecified atom stereocenters. The van der Waals surface area contributed by atoms with E-state index in [1.165, 1.54) is 0 Å². The molecule has 0 atom stereocenters. The minimum atomic E-state index is 0. The van der Waals surface area contributed by atoms with Crippen LogP contribution in [0.3, 0.4) is 0 Å². The van der Waals surface area contributed by atoms with E-state index in [1.807, 2.05) is 0 Å². The molecule has 0 saturated heterocycles. The molecule has 0 fully saturated rings. The number of aliphatic hydroxyl groups excluding tert-OH is 1. The molecular formula is C2H5NbO-. The van der Waals surface area contributed by atoms with Crippen LogP contribution in [0, 0.1) is 6.92 Å². The number of hydrogen-bond acceptors (Lipinski definition) is 1. The van der Waals surface area contributed by atoms with E-state index in [1.54, 1.807) is 0 Å². The molecule has 0 aliphatic rings. The van der Waals surface area contributed by atoms with Crippen molar-refractivity contribution in [2.45, 2.75) is 0 Å². The summed E-state index contributed by atoms with van der Waals surface area (Å²) in [5, 5.41) is 7.46. The van der Waals surface area contributed by atoms with Crippen molar-refractivity contribution >= 4 is 0 Å². The van der Waals surface area contributed by atoms with Crippen molar-refractivity contribution in [3.05, 3.63) is 6.92 Å². The van der Waals surface area contributed by atoms with Crippen molar-refractivity contribution in [3.8, 4) is 0 Å². The maximum absolute atomic E-state index is 7.46. The van der Waals surface area contributed by atoms with Crippen molar-refractivity contribution in [3.63, 3.8) is 0 Å². The monoisotopic (exact) mass is 138 g/mol. The molecule has 1 N–H and O–H groups in total. The van der Waals surface area contributed by atoms with E-state index in [2.05, 4.69) is 6.92 Å². The molecule has 0 bridgehead atoms. The van der Waals surface area contributed by atoms with Crippen LogP contribution in [0.5, 0.6) is 0 Å². The Morgan fingerprint density at radius 3 is 1.75 bits per heavy atom. The largest absolute Gasteiger partial charge is 0.428 e. The first kappa shape index (κ1) is 8.83. The third kappa shape index (κ3) is 15.9. The molecule has 1 nitrogen and oxygen atoms in total. The van der Waals surface area contributed by atoms with Crippen LogP contribution in [0.25, 0.3) is 0 Å². The molecular weight excluding hydrogens is 133 g/mol. The van der Waals surface area contributed by atoms with E-state index in [0.717, 1.165) is 0 Å². The molecule has 1 radical (unpaired) electrons. The van der Waals surface area contributed by atoms with Crippen LogP contribution in [0.2, 0.25) is 0 Å². The second kappa shape index (κ2) is 9.33. The van der Waals surface area contributed by atoms with Gasteiger partial charge in [0.25, 0.3) is 0 Å². The van der Waals surface area contributed by atoms with Gasteiger partial charge in [-0.15, -0.1) is 0 Å². The maximum Gasteiger partial charge on any atom is 0 e. The molecule has 0 aliphatic heterocycles. The Morgan fingerprint density at radius 2 is 1.75 bits per heavy atom. The Labute approximate surface area is 41.5 Å². The summed E-state index contributed by atoms with van der Waals surface area (Å²) in [6.07, 6.45) is 0. The van der Waals surface area contributed by atoms with Gasteiger partial charge in [0.1, 0.15) is 0 Å². The van der Waals surface area contributed by atoms with Gasteiger partial charge in [-0.3, -0.25) is 0 Å². The normalized spacial score (nSPS) is 4.50. The zero-order valence-corrected chi connectivity index (χ0v) is 4.51. The van der Waals surface area contributed by atoms with E-state index < -0.39 is 0 Å². The molecule has 2 heteroatoms. The minimum absolute atomic E-state index is 0. The van der Waals surface area contributed by atoms with Gasteiger partial charge in [-0.25, -0.2) is 0 Å². The summed E-state index contributed by atoms with van der Waals surface area (Å²) in [5.74, 6) is 0. The standard InChI is InChI=1S/C2H5O.Nb/c1-2-3;/h3H,1-2H2;/q-1;. The number of rotatable bonds is 0. The Balaban J connectivity index is 0. The SMILES string of the molecule is [CH2-]CO.[Nb]. The van der Waals surface area contributed by atoms with Gasteiger partial charge in [-0.2, -0.15) is 0 Å². The van der Waals surface area contributed by atoms with Crippen LogP contribution in [0.4, 0.5) is 0 Å². The number of aliphatic hydroxyl groups is 1. The van der Waals surface area contributed by atoms with Crippen LogP contribution in [-0.4, -0.2) is 11.7 Å². The number of hydrogen-bond donors (Lipinski definition) is 1. The summed E-state index contributed by atoms with van der Waals surface area (Å²) in [6, 6.07) is 0. The predicted octanol–water partition coefficient (Wildman–Crippen LogP) is -0.190. The summed E-state index contributed by atoms with van der Waals surface area (Å²) in [4.78, 5) is 0. The van der Waals surface area contributed by atoms with E-state index in [0.29, 0.717) is 0 Å². The predicted molar refractivity (Wildman–Crippen MR) is 12.4 cm³/mol. The van der Waals surface area contributed by atoms with Crippen molar-refractivity contribution < 1.29 is 27.5 Å². The fourth-order valence-corrected chi connectivity index (χ4v) is 0. The Bertz CT molecular complexity index is 6.00. The fraction of sp³-hybridized carbons (Fsp3) is 0.500. The van der Waals surface area contributed by atoms with Gasteiger partial charge >= 0.3 is 0 Å². The van der Waals surface area contributed by atoms with Gasteiger partial charge < -0.3 is 12.0 Å². The van der Waals surface area contributed by atoms with E-state index >= 15 is 0 Å². The second-order valence-corrected chi connectivity index (χ2v) is 0.224. The maximum atomic E-state index is 7.46. The van der Waals surface area contributed by atoms with Crippen molar-refractivity contribution in [2.24, 2.45) is 0 Å². The average molecular weight is 138 g/mol. The molecule has 0 heterocycles. The first-order chi connectivity index (χ1) is 1.41. The van der Waals surface area contributed by atoms with Crippen molar-refractivity contribution in [2.75, 3.05) is 6.61 Å². The molecule has 0 rings (SSSR count). The molecule has 0 amide bonds. The van der Waals surface area contributed by atoms with Crippen LogP contribution < -0.4 is 0 Å². The van der Waals surface area contributed by atoms with E-state index in [-0.39, 0.29) is 29.0 Å². The van der Waals surface area contributed by atoms with Gasteiger partial charge in [0.15, 0.2) is 0 Å². The minimum Gasteiger partial charge on any atom is -0.428 e. The molecule has 0 aromatic heterocycles. The Kier molecular flexibility index (Phi) is 20.6. The van der Waals surface area contributed by atoms with Gasteiger partial charge in [0.2, 0.25) is 0 Å². The van der Waals surface area contributed by atoms with Crippen LogP contribution in [0.1, 0.15) is 0 Å². The smallest absolute Gasteiger partial charge is 0 e. The summed E-state index contributed by atoms with van der Waals surface area (Å²) >= 11 is 0. The molecule has 25 valence electrons. The molecule has 4 heavy (non-hydrogen) atoms. The second-order valence-electron chi connectivity index (χ2n) is 0.224. The quantitative estimate of drug-likeness (QED) is 0.363. The van der Waals surface area contributed by atoms with Crippen LogP contribution >= 0.6 is 0 Å². The zero-order chi connectivity index (χ0) is 2.71. The van der Waals surface area contributed by atoms with Gasteiger partial charge in [0.05, 0.1) is 0 Å². The van der Waals surface area contributed by atoms with Crippen molar-refractivity contribution in [1.82, 2.24) is 0 Å². The average Bonchev–Trinajstić information content (AvgIpc) is 0.918. The fourth-order valence-electron chi connectivity index (χ4n) is 0. The summed E-state index contributed by atoms with van der Waals surface area (Å²) in [5.41, 5.74) is 0. The molecule has 0 aromatic rings. The summed E-state index contributed by atoms with van der Waals surface area (Å²) in [6.45, 7) is 3.04. The van der Waals surface area contributed by atoms with E-state index in [9.17, 15) is 0 Å². The molecule has 0 spiro atoms. The topological polar surface area (TPSA) is 20.2 Å². The van der Waals surface area contributed by atoms with Gasteiger partial charge in [0, 0.05) is 22.4 Å². The van der Waals surface area contributed by atoms with Crippen LogP contribution in [-0.2, 0) is 22.4 Å². The first-order valence-electron chi connectivity index (χ1n) is 0.816.